The van der Waals surface area contributed by atoms with Gasteiger partial charge in [0.05, 0.1) is 0 Å². The molecule has 0 aliphatic heterocycles. The largest absolute Gasteiger partial charge is 0.335 e. The maximum absolute atomic E-state index is 8.29. The summed E-state index contributed by atoms with van der Waals surface area (Å²) in [7, 11) is 0. The van der Waals surface area contributed by atoms with Crippen LogP contribution in [0.25, 0.3) is 0 Å². The van der Waals surface area contributed by atoms with Crippen LogP contribution < -0.4 is 0 Å². The quantitative estimate of drug-likeness (QED) is 0.492. The molecule has 0 atom stereocenters. The molecule has 0 unspecified atom stereocenters. The second-order valence-electron chi connectivity index (χ2n) is 0.536. The van der Waals surface area contributed by atoms with Crippen molar-refractivity contribution in [3.05, 3.63) is 0 Å². The molecule has 0 aliphatic rings. The molecule has 0 fully saturated rings. The molecule has 0 N–H and O–H groups in total. The van der Waals surface area contributed by atoms with E-state index in [2.05, 4.69) is 12.6 Å². The third kappa shape index (κ3) is 237. The number of halogens is 3. The summed E-state index contributed by atoms with van der Waals surface area (Å²) in [6.45, 7) is 0. The highest BCUT2D eigenvalue weighted by molar-refractivity contribution is 7.87. The molecular weight excluding hydrogens is 215 g/mol. The van der Waals surface area contributed by atoms with Gasteiger partial charge in [0.2, 0.25) is 3.12 Å². The van der Waals surface area contributed by atoms with Gasteiger partial charge in [-0.25, -0.2) is 0 Å². The fraction of sp³-hybridized carbons (Fsp3) is 1.00. The van der Waals surface area contributed by atoms with Crippen molar-refractivity contribution in [2.24, 2.45) is 0 Å². The predicted molar refractivity (Wildman–Crippen MR) is 38.2 cm³/mol. The topological polar surface area (TPSA) is 34.1 Å². The lowest BCUT2D eigenvalue weighted by Crippen LogP contribution is -1.81. The average Bonchev–Trinajstić information content (AvgIpc) is 1.27. The molecule has 0 radical (unpaired) electrons. The maximum atomic E-state index is 8.29. The minimum Gasteiger partial charge on any atom is -0.168 e. The Morgan fingerprint density at radius 3 is 1.25 bits per heavy atom. The fourth-order valence-corrected chi connectivity index (χ4v) is 0. The zero-order chi connectivity index (χ0) is 7.21. The van der Waals surface area contributed by atoms with Gasteiger partial charge in [-0.05, 0) is 0 Å². The van der Waals surface area contributed by atoms with Crippen molar-refractivity contribution in [1.82, 2.24) is 0 Å². The number of hydrogen-bond acceptors (Lipinski definition) is 3. The van der Waals surface area contributed by atoms with Gasteiger partial charge in [0.15, 0.2) is 0 Å². The van der Waals surface area contributed by atoms with Crippen molar-refractivity contribution in [3.63, 3.8) is 0 Å². The lowest BCUT2D eigenvalue weighted by Gasteiger charge is -1.93. The van der Waals surface area contributed by atoms with Gasteiger partial charge in [-0.3, -0.25) is 0 Å². The summed E-state index contributed by atoms with van der Waals surface area (Å²) < 4.78 is 15.2. The van der Waals surface area contributed by atoms with E-state index in [0.717, 1.165) is 0 Å². The minimum atomic E-state index is -1.39. The molecule has 0 bridgehead atoms. The van der Waals surface area contributed by atoms with Crippen LogP contribution in [0.2, 0.25) is 0 Å². The smallest absolute Gasteiger partial charge is 0.168 e. The first-order valence-electron chi connectivity index (χ1n) is 1.12. The predicted octanol–water partition coefficient (Wildman–Crippen LogP) is 1.57. The van der Waals surface area contributed by atoms with E-state index < -0.39 is 14.7 Å². The number of alkyl halides is 3. The molecule has 0 rings (SSSR count). The Bertz CT molecular complexity index is 75.8. The Hall–Kier alpha value is 1.04. The molecule has 0 aromatic rings. The van der Waals surface area contributed by atoms with Crippen LogP contribution in [0, 0.1) is 0 Å². The van der Waals surface area contributed by atoms with Crippen LogP contribution in [0.1, 0.15) is 0 Å². The first-order chi connectivity index (χ1) is 3.41. The molecule has 0 aromatic heterocycles. The zero-order valence-corrected chi connectivity index (χ0v) is 7.28. The summed E-state index contributed by atoms with van der Waals surface area (Å²) >= 11 is 17.4. The normalized spacial score (nSPS) is 9.00. The number of thiol groups is 1. The van der Waals surface area contributed by atoms with E-state index in [1.165, 1.54) is 0 Å². The third-order valence-electron chi connectivity index (χ3n) is 0. The van der Waals surface area contributed by atoms with Gasteiger partial charge in [-0.2, -0.15) is 8.42 Å². The van der Waals surface area contributed by atoms with Gasteiger partial charge in [-0.15, -0.1) is 12.6 Å². The first-order valence-corrected chi connectivity index (χ1v) is 3.37. The molecule has 0 spiro atoms. The Balaban J connectivity index is 0. The molecule has 50 valence electrons. The molecule has 0 saturated carbocycles. The molecule has 7 heteroatoms. The maximum Gasteiger partial charge on any atom is 0.335 e. The van der Waals surface area contributed by atoms with E-state index in [0.29, 0.717) is 0 Å². The van der Waals surface area contributed by atoms with E-state index in [-0.39, 0.29) is 0 Å². The highest BCUT2D eigenvalue weighted by Crippen LogP contribution is 2.29. The standard InChI is InChI=1S/CHCl3S.O2S/c2-1(3,4)5;1-3-2/h5H;. The SMILES string of the molecule is O=S=O.SC(Cl)(Cl)Cl. The van der Waals surface area contributed by atoms with Crippen molar-refractivity contribution < 1.29 is 8.42 Å². The molecule has 0 aliphatic carbocycles. The first kappa shape index (κ1) is 11.8. The van der Waals surface area contributed by atoms with Crippen LogP contribution in [0.15, 0.2) is 0 Å². The number of hydrogen-bond donors (Lipinski definition) is 1. The van der Waals surface area contributed by atoms with Crippen molar-refractivity contribution in [3.8, 4) is 0 Å². The Labute approximate surface area is 70.5 Å². The Morgan fingerprint density at radius 1 is 1.25 bits per heavy atom. The second-order valence-corrected chi connectivity index (χ2v) is 4.41. The lowest BCUT2D eigenvalue weighted by molar-refractivity contribution is 0.630. The molecule has 0 saturated heterocycles. The van der Waals surface area contributed by atoms with Crippen LogP contribution in [-0.4, -0.2) is 11.5 Å². The highest BCUT2D eigenvalue weighted by Gasteiger charge is 2.08. The van der Waals surface area contributed by atoms with E-state index in [9.17, 15) is 0 Å². The summed E-state index contributed by atoms with van der Waals surface area (Å²) in [5.74, 6) is 0. The summed E-state index contributed by atoms with van der Waals surface area (Å²) in [4.78, 5) is 0. The summed E-state index contributed by atoms with van der Waals surface area (Å²) in [5, 5.41) is 0. The van der Waals surface area contributed by atoms with Gasteiger partial charge in [-0.1, -0.05) is 34.8 Å². The molecule has 0 heterocycles. The summed E-state index contributed by atoms with van der Waals surface area (Å²) in [5.41, 5.74) is 0. The average molecular weight is 216 g/mol. The number of rotatable bonds is 0. The van der Waals surface area contributed by atoms with Gasteiger partial charge in [0.25, 0.3) is 0 Å². The molecular formula is CHCl3O2S2. The summed E-state index contributed by atoms with van der Waals surface area (Å²) in [6, 6.07) is 0. The molecule has 2 nitrogen and oxygen atoms in total. The monoisotopic (exact) mass is 214 g/mol. The second kappa shape index (κ2) is 6.16. The Kier molecular flexibility index (Phi) is 9.09. The van der Waals surface area contributed by atoms with E-state index >= 15 is 0 Å². The molecule has 0 aromatic carbocycles. The van der Waals surface area contributed by atoms with Crippen LogP contribution in [0.4, 0.5) is 0 Å². The van der Waals surface area contributed by atoms with E-state index in [4.69, 9.17) is 43.2 Å². The van der Waals surface area contributed by atoms with Gasteiger partial charge in [0.1, 0.15) is 0 Å². The highest BCUT2D eigenvalue weighted by atomic mass is 35.6. The van der Waals surface area contributed by atoms with Crippen LogP contribution in [-0.2, 0) is 11.6 Å². The van der Waals surface area contributed by atoms with Crippen LogP contribution >= 0.6 is 47.4 Å². The van der Waals surface area contributed by atoms with Crippen LogP contribution in [0.5, 0.6) is 0 Å². The molecule has 8 heavy (non-hydrogen) atoms. The lowest BCUT2D eigenvalue weighted by atomic mass is 11.8. The van der Waals surface area contributed by atoms with Crippen molar-refractivity contribution in [2.45, 2.75) is 3.12 Å². The van der Waals surface area contributed by atoms with Crippen LogP contribution in [0.3, 0.4) is 0 Å². The van der Waals surface area contributed by atoms with Crippen molar-refractivity contribution >= 4 is 59.0 Å². The Morgan fingerprint density at radius 2 is 1.25 bits per heavy atom. The zero-order valence-electron chi connectivity index (χ0n) is 3.31. The molecule has 0 amide bonds. The van der Waals surface area contributed by atoms with Gasteiger partial charge >= 0.3 is 11.6 Å². The van der Waals surface area contributed by atoms with Crippen molar-refractivity contribution in [2.75, 3.05) is 0 Å². The van der Waals surface area contributed by atoms with Crippen molar-refractivity contribution in [1.29, 1.82) is 0 Å². The van der Waals surface area contributed by atoms with Gasteiger partial charge < -0.3 is 0 Å². The summed E-state index contributed by atoms with van der Waals surface area (Å²) in [6.07, 6.45) is 0. The minimum absolute atomic E-state index is 0.750. The fourth-order valence-electron chi connectivity index (χ4n) is 0. The van der Waals surface area contributed by atoms with E-state index in [1.54, 1.807) is 0 Å². The van der Waals surface area contributed by atoms with Gasteiger partial charge in [0, 0.05) is 0 Å². The van der Waals surface area contributed by atoms with E-state index in [1.807, 2.05) is 0 Å². The third-order valence-corrected chi connectivity index (χ3v) is 0.